The SMILES string of the molecule is CC(C)NC(=O)CN1CCNC(C2CN(CCCN3CCNCC3)CCO2)C1. The van der Waals surface area contributed by atoms with E-state index < -0.39 is 0 Å². The molecule has 3 fully saturated rings. The predicted molar refractivity (Wildman–Crippen MR) is 112 cm³/mol. The second kappa shape index (κ2) is 11.4. The van der Waals surface area contributed by atoms with Gasteiger partial charge >= 0.3 is 0 Å². The van der Waals surface area contributed by atoms with Gasteiger partial charge < -0.3 is 25.6 Å². The molecule has 8 heteroatoms. The monoisotopic (exact) mass is 396 g/mol. The van der Waals surface area contributed by atoms with Crippen molar-refractivity contribution in [1.82, 2.24) is 30.7 Å². The minimum atomic E-state index is 0.120. The molecule has 162 valence electrons. The third kappa shape index (κ3) is 7.24. The van der Waals surface area contributed by atoms with Gasteiger partial charge in [0, 0.05) is 71.0 Å². The molecule has 1 amide bonds. The van der Waals surface area contributed by atoms with Gasteiger partial charge in [-0.2, -0.15) is 0 Å². The summed E-state index contributed by atoms with van der Waals surface area (Å²) in [7, 11) is 0. The van der Waals surface area contributed by atoms with Crippen molar-refractivity contribution in [2.45, 2.75) is 38.5 Å². The Morgan fingerprint density at radius 1 is 1.04 bits per heavy atom. The number of carbonyl (C=O) groups excluding carboxylic acids is 1. The van der Waals surface area contributed by atoms with Gasteiger partial charge in [0.15, 0.2) is 0 Å². The molecular formula is C20H40N6O2. The molecule has 0 aromatic carbocycles. The smallest absolute Gasteiger partial charge is 0.234 e. The van der Waals surface area contributed by atoms with Crippen LogP contribution < -0.4 is 16.0 Å². The molecule has 3 heterocycles. The summed E-state index contributed by atoms with van der Waals surface area (Å²) >= 11 is 0. The van der Waals surface area contributed by atoms with Crippen LogP contribution in [0, 0.1) is 0 Å². The molecule has 8 nitrogen and oxygen atoms in total. The topological polar surface area (TPSA) is 72.1 Å². The predicted octanol–water partition coefficient (Wildman–Crippen LogP) is -1.22. The first kappa shape index (κ1) is 21.9. The maximum atomic E-state index is 12.1. The number of rotatable bonds is 8. The number of amides is 1. The first-order valence-electron chi connectivity index (χ1n) is 11.1. The zero-order valence-electron chi connectivity index (χ0n) is 17.8. The first-order valence-corrected chi connectivity index (χ1v) is 11.1. The first-order chi connectivity index (χ1) is 13.6. The zero-order chi connectivity index (χ0) is 19.8. The summed E-state index contributed by atoms with van der Waals surface area (Å²) < 4.78 is 6.11. The number of ether oxygens (including phenoxy) is 1. The highest BCUT2D eigenvalue weighted by Gasteiger charge is 2.31. The number of hydrogen-bond donors (Lipinski definition) is 3. The largest absolute Gasteiger partial charge is 0.374 e. The van der Waals surface area contributed by atoms with Crippen molar-refractivity contribution in [2.75, 3.05) is 85.1 Å². The Morgan fingerprint density at radius 3 is 2.57 bits per heavy atom. The third-order valence-electron chi connectivity index (χ3n) is 5.89. The van der Waals surface area contributed by atoms with E-state index >= 15 is 0 Å². The molecule has 0 spiro atoms. The molecule has 28 heavy (non-hydrogen) atoms. The molecule has 2 unspecified atom stereocenters. The molecule has 0 saturated carbocycles. The van der Waals surface area contributed by atoms with Crippen LogP contribution >= 0.6 is 0 Å². The molecule has 3 aliphatic rings. The quantitative estimate of drug-likeness (QED) is 0.475. The number of hydrogen-bond acceptors (Lipinski definition) is 7. The molecule has 0 aliphatic carbocycles. The van der Waals surface area contributed by atoms with Crippen LogP contribution in [0.1, 0.15) is 20.3 Å². The van der Waals surface area contributed by atoms with Gasteiger partial charge in [-0.05, 0) is 33.4 Å². The highest BCUT2D eigenvalue weighted by molar-refractivity contribution is 5.78. The van der Waals surface area contributed by atoms with Gasteiger partial charge in [-0.1, -0.05) is 0 Å². The molecular weight excluding hydrogens is 356 g/mol. The van der Waals surface area contributed by atoms with Crippen LogP contribution in [-0.4, -0.2) is 124 Å². The Labute approximate surface area is 170 Å². The van der Waals surface area contributed by atoms with Crippen LogP contribution in [-0.2, 0) is 9.53 Å². The molecule has 0 bridgehead atoms. The van der Waals surface area contributed by atoms with Crippen molar-refractivity contribution in [3.63, 3.8) is 0 Å². The number of piperazine rings is 2. The van der Waals surface area contributed by atoms with Crippen molar-refractivity contribution in [1.29, 1.82) is 0 Å². The lowest BCUT2D eigenvalue weighted by molar-refractivity contribution is -0.123. The van der Waals surface area contributed by atoms with Crippen molar-refractivity contribution in [3.8, 4) is 0 Å². The Kier molecular flexibility index (Phi) is 8.95. The third-order valence-corrected chi connectivity index (χ3v) is 5.89. The van der Waals surface area contributed by atoms with Crippen molar-refractivity contribution in [2.24, 2.45) is 0 Å². The van der Waals surface area contributed by atoms with Crippen LogP contribution in [0.4, 0.5) is 0 Å². The maximum Gasteiger partial charge on any atom is 0.234 e. The molecule has 0 radical (unpaired) electrons. The van der Waals surface area contributed by atoms with E-state index in [0.717, 1.165) is 59.0 Å². The summed E-state index contributed by atoms with van der Waals surface area (Å²) in [5, 5.41) is 10.0. The highest BCUT2D eigenvalue weighted by atomic mass is 16.5. The van der Waals surface area contributed by atoms with E-state index in [1.165, 1.54) is 26.1 Å². The molecule has 3 rings (SSSR count). The van der Waals surface area contributed by atoms with Gasteiger partial charge in [-0.15, -0.1) is 0 Å². The second-order valence-corrected chi connectivity index (χ2v) is 8.67. The maximum absolute atomic E-state index is 12.1. The van der Waals surface area contributed by atoms with Gasteiger partial charge in [-0.3, -0.25) is 14.6 Å². The molecule has 3 saturated heterocycles. The Bertz CT molecular complexity index is 472. The van der Waals surface area contributed by atoms with Gasteiger partial charge in [-0.25, -0.2) is 0 Å². The minimum Gasteiger partial charge on any atom is -0.374 e. The summed E-state index contributed by atoms with van der Waals surface area (Å²) in [6, 6.07) is 0.499. The van der Waals surface area contributed by atoms with E-state index in [-0.39, 0.29) is 18.1 Å². The fourth-order valence-corrected chi connectivity index (χ4v) is 4.44. The van der Waals surface area contributed by atoms with E-state index in [9.17, 15) is 4.79 Å². The van der Waals surface area contributed by atoms with Gasteiger partial charge in [0.2, 0.25) is 5.91 Å². The van der Waals surface area contributed by atoms with Gasteiger partial charge in [0.1, 0.15) is 0 Å². The number of carbonyl (C=O) groups is 1. The Morgan fingerprint density at radius 2 is 1.79 bits per heavy atom. The molecule has 2 atom stereocenters. The standard InChI is InChI=1S/C20H40N6O2/c1-17(2)23-20(27)16-26-11-6-22-18(14-26)19-15-25(12-13-28-19)8-3-7-24-9-4-21-5-10-24/h17-19,21-22H,3-16H2,1-2H3,(H,23,27). The summed E-state index contributed by atoms with van der Waals surface area (Å²) in [5.41, 5.74) is 0. The summed E-state index contributed by atoms with van der Waals surface area (Å²) in [6.07, 6.45) is 1.44. The van der Waals surface area contributed by atoms with Crippen molar-refractivity contribution >= 4 is 5.91 Å². The lowest BCUT2D eigenvalue weighted by Gasteiger charge is -2.41. The van der Waals surface area contributed by atoms with Crippen molar-refractivity contribution < 1.29 is 9.53 Å². The second-order valence-electron chi connectivity index (χ2n) is 8.67. The number of nitrogens with one attached hydrogen (secondary N) is 3. The lowest BCUT2D eigenvalue weighted by Crippen LogP contribution is -2.61. The summed E-state index contributed by atoms with van der Waals surface area (Å²) in [4.78, 5) is 19.5. The van der Waals surface area contributed by atoms with Crippen LogP contribution in [0.3, 0.4) is 0 Å². The molecule has 3 aliphatic heterocycles. The van der Waals surface area contributed by atoms with E-state index in [4.69, 9.17) is 4.74 Å². The fourth-order valence-electron chi connectivity index (χ4n) is 4.44. The van der Waals surface area contributed by atoms with E-state index in [2.05, 4.69) is 30.7 Å². The average Bonchev–Trinajstić information content (AvgIpc) is 2.69. The lowest BCUT2D eigenvalue weighted by atomic mass is 10.1. The molecule has 0 aromatic rings. The Balaban J connectivity index is 1.38. The van der Waals surface area contributed by atoms with E-state index in [1.54, 1.807) is 0 Å². The average molecular weight is 397 g/mol. The van der Waals surface area contributed by atoms with E-state index in [0.29, 0.717) is 12.6 Å². The summed E-state index contributed by atoms with van der Waals surface area (Å²) in [5.74, 6) is 0.120. The van der Waals surface area contributed by atoms with Gasteiger partial charge in [0.05, 0.1) is 19.3 Å². The van der Waals surface area contributed by atoms with E-state index in [1.807, 2.05) is 13.8 Å². The highest BCUT2D eigenvalue weighted by Crippen LogP contribution is 2.13. The number of nitrogens with zero attached hydrogens (tertiary/aromatic N) is 3. The zero-order valence-corrected chi connectivity index (χ0v) is 17.8. The van der Waals surface area contributed by atoms with Crippen LogP contribution in [0.25, 0.3) is 0 Å². The van der Waals surface area contributed by atoms with Crippen LogP contribution in [0.15, 0.2) is 0 Å². The normalized spacial score (nSPS) is 28.5. The van der Waals surface area contributed by atoms with Gasteiger partial charge in [0.25, 0.3) is 0 Å². The van der Waals surface area contributed by atoms with Crippen LogP contribution in [0.5, 0.6) is 0 Å². The Hall–Kier alpha value is -0.770. The molecule has 0 aromatic heterocycles. The fraction of sp³-hybridized carbons (Fsp3) is 0.950. The molecule has 3 N–H and O–H groups in total. The number of morpholine rings is 1. The van der Waals surface area contributed by atoms with Crippen molar-refractivity contribution in [3.05, 3.63) is 0 Å². The summed E-state index contributed by atoms with van der Waals surface area (Å²) in [6.45, 7) is 17.0. The minimum absolute atomic E-state index is 0.120. The van der Waals surface area contributed by atoms with Crippen LogP contribution in [0.2, 0.25) is 0 Å².